The Labute approximate surface area is 182 Å². The molecule has 0 bridgehead atoms. The summed E-state index contributed by atoms with van der Waals surface area (Å²) in [6.07, 6.45) is 8.25. The second-order valence-electron chi connectivity index (χ2n) is 8.12. The summed E-state index contributed by atoms with van der Waals surface area (Å²) in [7, 11) is 0. The highest BCUT2D eigenvalue weighted by atomic mass is 16.5. The number of hydrogen-bond donors (Lipinski definition) is 3. The van der Waals surface area contributed by atoms with Crippen LogP contribution in [-0.2, 0) is 17.8 Å². The molecule has 2 aromatic carbocycles. The molecule has 1 unspecified atom stereocenters. The van der Waals surface area contributed by atoms with E-state index in [1.165, 1.54) is 31.2 Å². The van der Waals surface area contributed by atoms with Crippen LogP contribution in [0.15, 0.2) is 48.5 Å². The van der Waals surface area contributed by atoms with Crippen LogP contribution in [0.3, 0.4) is 0 Å². The van der Waals surface area contributed by atoms with Crippen LogP contribution in [0.5, 0.6) is 5.75 Å². The quantitative estimate of drug-likeness (QED) is 0.332. The van der Waals surface area contributed by atoms with Crippen molar-refractivity contribution in [2.24, 2.45) is 0 Å². The Morgan fingerprint density at radius 3 is 2.40 bits per heavy atom. The van der Waals surface area contributed by atoms with E-state index in [1.54, 1.807) is 6.07 Å². The van der Waals surface area contributed by atoms with Crippen molar-refractivity contribution < 1.29 is 14.9 Å². The number of aromatic hydroxyl groups is 1. The number of ether oxygens (including phenoxy) is 1. The molecule has 0 aromatic heterocycles. The molecule has 0 heterocycles. The third kappa shape index (κ3) is 9.75. The van der Waals surface area contributed by atoms with Crippen molar-refractivity contribution in [2.45, 2.75) is 64.4 Å². The van der Waals surface area contributed by atoms with Gasteiger partial charge in [-0.3, -0.25) is 0 Å². The van der Waals surface area contributed by atoms with Crippen molar-refractivity contribution in [3.63, 3.8) is 0 Å². The molecule has 2 aromatic rings. The minimum absolute atomic E-state index is 0.128. The number of aryl methyl sites for hydroxylation is 1. The molecule has 0 aliphatic carbocycles. The summed E-state index contributed by atoms with van der Waals surface area (Å²) in [5.74, 6) is 0.517. The molecular weight excluding hydrogens is 374 g/mol. The predicted molar refractivity (Wildman–Crippen MR) is 124 cm³/mol. The lowest BCUT2D eigenvalue weighted by atomic mass is 9.98. The molecule has 0 amide bonds. The summed E-state index contributed by atoms with van der Waals surface area (Å²) in [6.45, 7) is 5.72. The van der Waals surface area contributed by atoms with E-state index in [1.807, 2.05) is 12.1 Å². The van der Waals surface area contributed by atoms with Crippen LogP contribution in [0.4, 0.5) is 0 Å². The number of hydrogen-bond acceptors (Lipinski definition) is 4. The lowest BCUT2D eigenvalue weighted by Crippen LogP contribution is -2.21. The van der Waals surface area contributed by atoms with Gasteiger partial charge in [0, 0.05) is 25.3 Å². The highest BCUT2D eigenvalue weighted by Gasteiger charge is 2.08. The summed E-state index contributed by atoms with van der Waals surface area (Å²) < 4.78 is 5.76. The van der Waals surface area contributed by atoms with Crippen molar-refractivity contribution in [3.8, 4) is 5.75 Å². The van der Waals surface area contributed by atoms with Crippen LogP contribution in [0.1, 0.15) is 68.1 Å². The molecule has 4 nitrogen and oxygen atoms in total. The molecule has 0 aliphatic rings. The molecule has 2 rings (SSSR count). The first-order valence-corrected chi connectivity index (χ1v) is 11.5. The lowest BCUT2D eigenvalue weighted by Gasteiger charge is -2.14. The van der Waals surface area contributed by atoms with E-state index < -0.39 is 0 Å². The summed E-state index contributed by atoms with van der Waals surface area (Å²) in [5.41, 5.74) is 3.15. The number of unbranched alkanes of at least 4 members (excludes halogenated alkanes) is 4. The Balaban J connectivity index is 1.39. The molecule has 166 valence electrons. The minimum atomic E-state index is -0.128. The zero-order valence-corrected chi connectivity index (χ0v) is 18.5. The van der Waals surface area contributed by atoms with Crippen molar-refractivity contribution >= 4 is 0 Å². The average molecular weight is 414 g/mol. The molecule has 4 heteroatoms. The van der Waals surface area contributed by atoms with Gasteiger partial charge in [-0.2, -0.15) is 0 Å². The second kappa shape index (κ2) is 15.0. The number of nitrogens with one attached hydrogen (secondary N) is 1. The Morgan fingerprint density at radius 2 is 1.63 bits per heavy atom. The van der Waals surface area contributed by atoms with Crippen molar-refractivity contribution in [1.29, 1.82) is 0 Å². The van der Waals surface area contributed by atoms with Crippen molar-refractivity contribution in [3.05, 3.63) is 65.2 Å². The maximum atomic E-state index is 9.66. The van der Waals surface area contributed by atoms with Crippen LogP contribution in [0.25, 0.3) is 0 Å². The van der Waals surface area contributed by atoms with E-state index in [0.717, 1.165) is 51.1 Å². The topological polar surface area (TPSA) is 61.7 Å². The standard InChI is InChI=1S/C26H39NO3/c1-22(24-14-15-26(29)25(19-24)21-28)20-27-16-8-2-3-9-17-30-18-10-7-13-23-11-5-4-6-12-23/h4-6,11-12,14-15,19,22,27-29H,2-3,7-10,13,16-18,20-21H2,1H3. The first kappa shape index (κ1) is 24.4. The molecule has 3 N–H and O–H groups in total. The maximum absolute atomic E-state index is 9.66. The van der Waals surface area contributed by atoms with Gasteiger partial charge < -0.3 is 20.3 Å². The second-order valence-corrected chi connectivity index (χ2v) is 8.12. The molecule has 0 spiro atoms. The molecule has 0 fully saturated rings. The number of aliphatic hydroxyl groups excluding tert-OH is 1. The van der Waals surface area contributed by atoms with Gasteiger partial charge in [0.25, 0.3) is 0 Å². The Hall–Kier alpha value is -1.88. The maximum Gasteiger partial charge on any atom is 0.121 e. The number of aliphatic hydroxyl groups is 1. The fourth-order valence-electron chi connectivity index (χ4n) is 3.56. The van der Waals surface area contributed by atoms with Crippen molar-refractivity contribution in [1.82, 2.24) is 5.32 Å². The fourth-order valence-corrected chi connectivity index (χ4v) is 3.56. The SMILES string of the molecule is CC(CNCCCCCCOCCCCc1ccccc1)c1ccc(O)c(CO)c1. The largest absolute Gasteiger partial charge is 0.508 e. The van der Waals surface area contributed by atoms with E-state index in [2.05, 4.69) is 42.6 Å². The van der Waals surface area contributed by atoms with E-state index in [-0.39, 0.29) is 12.4 Å². The first-order chi connectivity index (χ1) is 14.7. The fraction of sp³-hybridized carbons (Fsp3) is 0.538. The van der Waals surface area contributed by atoms with Crippen LogP contribution < -0.4 is 5.32 Å². The van der Waals surface area contributed by atoms with Gasteiger partial charge in [0.15, 0.2) is 0 Å². The highest BCUT2D eigenvalue weighted by molar-refractivity contribution is 5.37. The van der Waals surface area contributed by atoms with E-state index in [4.69, 9.17) is 4.74 Å². The van der Waals surface area contributed by atoms with Gasteiger partial charge in [-0.25, -0.2) is 0 Å². The van der Waals surface area contributed by atoms with E-state index in [9.17, 15) is 10.2 Å². The zero-order chi connectivity index (χ0) is 21.4. The number of benzene rings is 2. The smallest absolute Gasteiger partial charge is 0.121 e. The van der Waals surface area contributed by atoms with Gasteiger partial charge in [-0.05, 0) is 67.8 Å². The monoisotopic (exact) mass is 413 g/mol. The molecule has 1 atom stereocenters. The molecular formula is C26H39NO3. The van der Waals surface area contributed by atoms with E-state index in [0.29, 0.717) is 11.5 Å². The van der Waals surface area contributed by atoms with Crippen molar-refractivity contribution in [2.75, 3.05) is 26.3 Å². The van der Waals surface area contributed by atoms with Gasteiger partial charge in [-0.1, -0.05) is 56.2 Å². The predicted octanol–water partition coefficient (Wildman–Crippen LogP) is 5.18. The van der Waals surface area contributed by atoms with Gasteiger partial charge in [0.05, 0.1) is 6.61 Å². The normalized spacial score (nSPS) is 12.2. The van der Waals surface area contributed by atoms with Crippen LogP contribution >= 0.6 is 0 Å². The zero-order valence-electron chi connectivity index (χ0n) is 18.5. The van der Waals surface area contributed by atoms with Gasteiger partial charge in [0.2, 0.25) is 0 Å². The van der Waals surface area contributed by atoms with Crippen LogP contribution in [0.2, 0.25) is 0 Å². The van der Waals surface area contributed by atoms with Gasteiger partial charge in [-0.15, -0.1) is 0 Å². The molecule has 0 aliphatic heterocycles. The molecule has 0 saturated heterocycles. The van der Waals surface area contributed by atoms with Crippen LogP contribution in [0, 0.1) is 0 Å². The molecule has 30 heavy (non-hydrogen) atoms. The highest BCUT2D eigenvalue weighted by Crippen LogP contribution is 2.23. The first-order valence-electron chi connectivity index (χ1n) is 11.5. The molecule has 0 radical (unpaired) electrons. The third-order valence-electron chi connectivity index (χ3n) is 5.53. The summed E-state index contributed by atoms with van der Waals surface area (Å²) in [4.78, 5) is 0. The van der Waals surface area contributed by atoms with Gasteiger partial charge >= 0.3 is 0 Å². The van der Waals surface area contributed by atoms with E-state index >= 15 is 0 Å². The summed E-state index contributed by atoms with van der Waals surface area (Å²) >= 11 is 0. The Bertz CT molecular complexity index is 690. The third-order valence-corrected chi connectivity index (χ3v) is 5.53. The number of phenols is 1. The minimum Gasteiger partial charge on any atom is -0.508 e. The average Bonchev–Trinajstić information content (AvgIpc) is 2.77. The Morgan fingerprint density at radius 1 is 0.900 bits per heavy atom. The van der Waals surface area contributed by atoms with Crippen LogP contribution in [-0.4, -0.2) is 36.5 Å². The Kier molecular flexibility index (Phi) is 12.2. The number of rotatable bonds is 16. The summed E-state index contributed by atoms with van der Waals surface area (Å²) in [5, 5.41) is 22.5. The summed E-state index contributed by atoms with van der Waals surface area (Å²) in [6, 6.07) is 16.1. The van der Waals surface area contributed by atoms with Gasteiger partial charge in [0.1, 0.15) is 5.75 Å². The molecule has 0 saturated carbocycles. The lowest BCUT2D eigenvalue weighted by molar-refractivity contribution is 0.126.